The van der Waals surface area contributed by atoms with Crippen molar-refractivity contribution >= 4 is 23.3 Å². The van der Waals surface area contributed by atoms with Crippen LogP contribution in [0.5, 0.6) is 5.75 Å². The number of nitrogens with two attached hydrogens (primary N) is 1. The highest BCUT2D eigenvalue weighted by Gasteiger charge is 2.23. The summed E-state index contributed by atoms with van der Waals surface area (Å²) < 4.78 is 5.76. The Balaban J connectivity index is 1.61. The van der Waals surface area contributed by atoms with Crippen molar-refractivity contribution in [2.75, 3.05) is 12.3 Å². The van der Waals surface area contributed by atoms with Gasteiger partial charge in [-0.3, -0.25) is 4.79 Å². The summed E-state index contributed by atoms with van der Waals surface area (Å²) in [7, 11) is 0. The molecule has 108 valence electrons. The Morgan fingerprint density at radius 3 is 3.10 bits per heavy atom. The highest BCUT2D eigenvalue weighted by molar-refractivity contribution is 6.33. The number of para-hydroxylation sites is 1. The van der Waals surface area contributed by atoms with Gasteiger partial charge in [0.25, 0.3) is 5.91 Å². The minimum Gasteiger partial charge on any atom is -0.488 e. The molecule has 1 aliphatic heterocycles. The predicted octanol–water partition coefficient (Wildman–Crippen LogP) is 2.05. The molecule has 2 heterocycles. The maximum absolute atomic E-state index is 12.1. The normalized spacial score (nSPS) is 16.1. The lowest BCUT2D eigenvalue weighted by molar-refractivity contribution is 0.0933. The number of aromatic nitrogens is 1. The van der Waals surface area contributed by atoms with E-state index in [1.807, 2.05) is 24.3 Å². The lowest BCUT2D eigenvalue weighted by Gasteiger charge is -2.12. The number of halogens is 1. The molecule has 1 atom stereocenters. The third-order valence-corrected chi connectivity index (χ3v) is 3.63. The van der Waals surface area contributed by atoms with Gasteiger partial charge in [0.2, 0.25) is 0 Å². The van der Waals surface area contributed by atoms with E-state index in [4.69, 9.17) is 22.1 Å². The quantitative estimate of drug-likeness (QED) is 0.910. The molecule has 0 bridgehead atoms. The molecule has 2 aromatic rings. The second-order valence-electron chi connectivity index (χ2n) is 4.85. The van der Waals surface area contributed by atoms with E-state index in [1.165, 1.54) is 12.3 Å². The number of amides is 1. The molecular formula is C15H14ClN3O2. The number of nitrogens with zero attached hydrogens (tertiary/aromatic N) is 1. The Morgan fingerprint density at radius 1 is 1.48 bits per heavy atom. The molecule has 5 nitrogen and oxygen atoms in total. The van der Waals surface area contributed by atoms with Crippen molar-refractivity contribution in [1.29, 1.82) is 0 Å². The molecule has 0 saturated carbocycles. The van der Waals surface area contributed by atoms with Gasteiger partial charge in [-0.1, -0.05) is 29.8 Å². The van der Waals surface area contributed by atoms with Crippen molar-refractivity contribution in [1.82, 2.24) is 10.3 Å². The average molecular weight is 304 g/mol. The van der Waals surface area contributed by atoms with Crippen molar-refractivity contribution in [3.8, 4) is 5.75 Å². The number of fused-ring (bicyclic) bond motifs is 1. The summed E-state index contributed by atoms with van der Waals surface area (Å²) in [5.74, 6) is 0.852. The average Bonchev–Trinajstić information content (AvgIpc) is 2.90. The number of nitrogen functional groups attached to an aromatic ring is 1. The van der Waals surface area contributed by atoms with E-state index in [-0.39, 0.29) is 22.9 Å². The fraction of sp³-hybridized carbons (Fsp3) is 0.200. The van der Waals surface area contributed by atoms with Crippen LogP contribution in [-0.4, -0.2) is 23.5 Å². The Labute approximate surface area is 127 Å². The standard InChI is InChI=1S/C15H14ClN3O2/c16-12-8-18-14(17)6-11(12)15(20)19-7-10-5-9-3-1-2-4-13(9)21-10/h1-4,6,8,10H,5,7H2,(H2,17,18)(H,19,20). The van der Waals surface area contributed by atoms with E-state index >= 15 is 0 Å². The van der Waals surface area contributed by atoms with Crippen LogP contribution in [0.4, 0.5) is 5.82 Å². The zero-order valence-electron chi connectivity index (χ0n) is 11.2. The maximum atomic E-state index is 12.1. The molecule has 1 amide bonds. The number of ether oxygens (including phenoxy) is 1. The molecular weight excluding hydrogens is 290 g/mol. The molecule has 6 heteroatoms. The fourth-order valence-electron chi connectivity index (χ4n) is 2.30. The molecule has 0 radical (unpaired) electrons. The van der Waals surface area contributed by atoms with E-state index in [0.29, 0.717) is 12.1 Å². The van der Waals surface area contributed by atoms with Crippen LogP contribution < -0.4 is 15.8 Å². The van der Waals surface area contributed by atoms with Crippen molar-refractivity contribution in [3.05, 3.63) is 52.7 Å². The zero-order chi connectivity index (χ0) is 14.8. The second kappa shape index (κ2) is 5.61. The molecule has 0 spiro atoms. The maximum Gasteiger partial charge on any atom is 0.253 e. The Bertz CT molecular complexity index is 665. The molecule has 1 unspecified atom stereocenters. The molecule has 0 aliphatic carbocycles. The van der Waals surface area contributed by atoms with Crippen LogP contribution in [0.1, 0.15) is 15.9 Å². The zero-order valence-corrected chi connectivity index (χ0v) is 11.9. The minimum absolute atomic E-state index is 0.0655. The van der Waals surface area contributed by atoms with Gasteiger partial charge in [-0.05, 0) is 17.7 Å². The predicted molar refractivity (Wildman–Crippen MR) is 80.6 cm³/mol. The summed E-state index contributed by atoms with van der Waals surface area (Å²) in [5.41, 5.74) is 7.04. The van der Waals surface area contributed by atoms with Gasteiger partial charge in [0.05, 0.1) is 17.1 Å². The molecule has 1 aromatic heterocycles. The van der Waals surface area contributed by atoms with Gasteiger partial charge in [-0.2, -0.15) is 0 Å². The Morgan fingerprint density at radius 2 is 2.29 bits per heavy atom. The number of nitrogens with one attached hydrogen (secondary N) is 1. The molecule has 0 saturated heterocycles. The molecule has 3 N–H and O–H groups in total. The first kappa shape index (κ1) is 13.7. The van der Waals surface area contributed by atoms with Gasteiger partial charge in [-0.25, -0.2) is 4.98 Å². The first-order valence-corrected chi connectivity index (χ1v) is 6.95. The second-order valence-corrected chi connectivity index (χ2v) is 5.26. The van der Waals surface area contributed by atoms with Gasteiger partial charge < -0.3 is 15.8 Å². The molecule has 21 heavy (non-hydrogen) atoms. The first-order chi connectivity index (χ1) is 10.1. The van der Waals surface area contributed by atoms with Crippen molar-refractivity contribution < 1.29 is 9.53 Å². The van der Waals surface area contributed by atoms with Crippen molar-refractivity contribution in [2.45, 2.75) is 12.5 Å². The van der Waals surface area contributed by atoms with Gasteiger partial charge in [0.1, 0.15) is 17.7 Å². The summed E-state index contributed by atoms with van der Waals surface area (Å²) in [6.07, 6.45) is 2.08. The summed E-state index contributed by atoms with van der Waals surface area (Å²) in [6.45, 7) is 0.409. The molecule has 0 fully saturated rings. The minimum atomic E-state index is -0.284. The van der Waals surface area contributed by atoms with Crippen molar-refractivity contribution in [3.63, 3.8) is 0 Å². The van der Waals surface area contributed by atoms with Crippen LogP contribution in [0.15, 0.2) is 36.5 Å². The monoisotopic (exact) mass is 303 g/mol. The molecule has 3 rings (SSSR count). The van der Waals surface area contributed by atoms with Crippen LogP contribution in [0.2, 0.25) is 5.02 Å². The van der Waals surface area contributed by atoms with Gasteiger partial charge in [0.15, 0.2) is 0 Å². The summed E-state index contributed by atoms with van der Waals surface area (Å²) in [6, 6.07) is 9.32. The third kappa shape index (κ3) is 2.92. The van der Waals surface area contributed by atoms with E-state index < -0.39 is 0 Å². The SMILES string of the molecule is Nc1cc(C(=O)NCC2Cc3ccccc3O2)c(Cl)cn1. The number of hydrogen-bond donors (Lipinski definition) is 2. The largest absolute Gasteiger partial charge is 0.488 e. The van der Waals surface area contributed by atoms with Gasteiger partial charge in [0, 0.05) is 12.6 Å². The Hall–Kier alpha value is -2.27. The number of pyridine rings is 1. The molecule has 1 aromatic carbocycles. The van der Waals surface area contributed by atoms with Crippen LogP contribution in [0.3, 0.4) is 0 Å². The van der Waals surface area contributed by atoms with Gasteiger partial charge >= 0.3 is 0 Å². The highest BCUT2D eigenvalue weighted by atomic mass is 35.5. The van der Waals surface area contributed by atoms with Crippen LogP contribution >= 0.6 is 11.6 Å². The topological polar surface area (TPSA) is 77.2 Å². The summed E-state index contributed by atoms with van der Waals surface area (Å²) in [4.78, 5) is 15.9. The smallest absolute Gasteiger partial charge is 0.253 e. The van der Waals surface area contributed by atoms with Crippen LogP contribution in [0, 0.1) is 0 Å². The lowest BCUT2D eigenvalue weighted by atomic mass is 10.1. The van der Waals surface area contributed by atoms with E-state index in [1.54, 1.807) is 0 Å². The number of carbonyl (C=O) groups excluding carboxylic acids is 1. The lowest BCUT2D eigenvalue weighted by Crippen LogP contribution is -2.34. The van der Waals surface area contributed by atoms with Gasteiger partial charge in [-0.15, -0.1) is 0 Å². The number of rotatable bonds is 3. The number of benzene rings is 1. The summed E-state index contributed by atoms with van der Waals surface area (Å²) in [5, 5.41) is 3.09. The van der Waals surface area contributed by atoms with E-state index in [0.717, 1.165) is 17.7 Å². The van der Waals surface area contributed by atoms with Crippen LogP contribution in [-0.2, 0) is 6.42 Å². The van der Waals surface area contributed by atoms with Crippen molar-refractivity contribution in [2.24, 2.45) is 0 Å². The Kier molecular flexibility index (Phi) is 3.66. The third-order valence-electron chi connectivity index (χ3n) is 3.33. The first-order valence-electron chi connectivity index (χ1n) is 6.57. The summed E-state index contributed by atoms with van der Waals surface area (Å²) >= 11 is 5.95. The number of hydrogen-bond acceptors (Lipinski definition) is 4. The number of carbonyl (C=O) groups is 1. The fourth-order valence-corrected chi connectivity index (χ4v) is 2.49. The molecule has 1 aliphatic rings. The van der Waals surface area contributed by atoms with Crippen LogP contribution in [0.25, 0.3) is 0 Å². The number of anilines is 1. The van der Waals surface area contributed by atoms with E-state index in [9.17, 15) is 4.79 Å². The van der Waals surface area contributed by atoms with E-state index in [2.05, 4.69) is 10.3 Å². The highest BCUT2D eigenvalue weighted by Crippen LogP contribution is 2.27.